The van der Waals surface area contributed by atoms with E-state index in [1.54, 1.807) is 13.3 Å². The Morgan fingerprint density at radius 1 is 1.54 bits per heavy atom. The summed E-state index contributed by atoms with van der Waals surface area (Å²) in [6.07, 6.45) is 4.32. The number of nitrogens with one attached hydrogen (secondary N) is 1. The van der Waals surface area contributed by atoms with Crippen molar-refractivity contribution < 1.29 is 4.79 Å². The molecule has 1 N–H and O–H groups in total. The molecule has 24 heavy (non-hydrogen) atoms. The van der Waals surface area contributed by atoms with Crippen LogP contribution in [0.2, 0.25) is 0 Å². The second-order valence-corrected chi connectivity index (χ2v) is 6.52. The molecule has 2 aromatic heterocycles. The Balaban J connectivity index is 1.85. The van der Waals surface area contributed by atoms with Crippen molar-refractivity contribution in [2.75, 3.05) is 25.0 Å². The largest absolute Gasteiger partial charge is 0.354 e. The molecule has 3 rings (SSSR count). The molecule has 7 heteroatoms. The van der Waals surface area contributed by atoms with Gasteiger partial charge in [0.1, 0.15) is 23.7 Å². The number of nitrogens with zero attached hydrogens (tertiary/aromatic N) is 5. The summed E-state index contributed by atoms with van der Waals surface area (Å²) >= 11 is 0. The second kappa shape index (κ2) is 6.48. The number of hydrogen-bond donors (Lipinski definition) is 1. The molecule has 0 radical (unpaired) electrons. The number of likely N-dealkylation sites (N-methyl/N-ethyl adjacent to an activating group) is 1. The van der Waals surface area contributed by atoms with E-state index < -0.39 is 5.92 Å². The van der Waals surface area contributed by atoms with Gasteiger partial charge in [-0.25, -0.2) is 9.97 Å². The fraction of sp³-hybridized carbons (Fsp3) is 0.529. The van der Waals surface area contributed by atoms with Gasteiger partial charge in [0.2, 0.25) is 5.91 Å². The summed E-state index contributed by atoms with van der Waals surface area (Å²) in [5, 5.41) is 9.98. The monoisotopic (exact) mass is 326 g/mol. The summed E-state index contributed by atoms with van der Waals surface area (Å²) in [4.78, 5) is 28.1. The highest BCUT2D eigenvalue weighted by Gasteiger charge is 2.34. The minimum Gasteiger partial charge on any atom is -0.354 e. The number of likely N-dealkylation sites (tertiary alicyclic amines) is 1. The Morgan fingerprint density at radius 2 is 2.33 bits per heavy atom. The van der Waals surface area contributed by atoms with E-state index in [2.05, 4.69) is 26.8 Å². The summed E-state index contributed by atoms with van der Waals surface area (Å²) < 4.78 is 0. The first-order valence-corrected chi connectivity index (χ1v) is 8.22. The number of piperidine rings is 1. The summed E-state index contributed by atoms with van der Waals surface area (Å²) in [6.45, 7) is 5.18. The van der Waals surface area contributed by atoms with Gasteiger partial charge in [0.05, 0.1) is 17.5 Å². The third-order valence-electron chi connectivity index (χ3n) is 4.96. The van der Waals surface area contributed by atoms with Crippen LogP contribution in [-0.4, -0.2) is 51.9 Å². The highest BCUT2D eigenvalue weighted by Crippen LogP contribution is 2.29. The van der Waals surface area contributed by atoms with Crippen LogP contribution in [-0.2, 0) is 4.79 Å². The molecule has 1 fully saturated rings. The zero-order valence-electron chi connectivity index (χ0n) is 14.2. The van der Waals surface area contributed by atoms with Crippen LogP contribution >= 0.6 is 0 Å². The van der Waals surface area contributed by atoms with Crippen molar-refractivity contribution in [1.82, 2.24) is 19.9 Å². The molecule has 7 nitrogen and oxygen atoms in total. The van der Waals surface area contributed by atoms with Crippen molar-refractivity contribution in [1.29, 1.82) is 5.26 Å². The molecule has 0 aromatic carbocycles. The van der Waals surface area contributed by atoms with Crippen LogP contribution in [0, 0.1) is 23.2 Å². The maximum atomic E-state index is 12.4. The molecule has 1 aliphatic rings. The third kappa shape index (κ3) is 2.80. The fourth-order valence-corrected chi connectivity index (χ4v) is 3.38. The van der Waals surface area contributed by atoms with Gasteiger partial charge in [-0.15, -0.1) is 0 Å². The van der Waals surface area contributed by atoms with E-state index in [1.807, 2.05) is 30.3 Å². The van der Waals surface area contributed by atoms with Crippen molar-refractivity contribution in [2.24, 2.45) is 11.8 Å². The Bertz CT molecular complexity index is 779. The van der Waals surface area contributed by atoms with Crippen molar-refractivity contribution in [2.45, 2.75) is 26.3 Å². The van der Waals surface area contributed by atoms with Crippen LogP contribution < -0.4 is 4.90 Å². The summed E-state index contributed by atoms with van der Waals surface area (Å²) in [5.41, 5.74) is 0.807. The third-order valence-corrected chi connectivity index (χ3v) is 4.96. The van der Waals surface area contributed by atoms with Crippen LogP contribution in [0.25, 0.3) is 11.0 Å². The lowest BCUT2D eigenvalue weighted by Crippen LogP contribution is -2.53. The normalized spacial score (nSPS) is 22.2. The maximum Gasteiger partial charge on any atom is 0.239 e. The first kappa shape index (κ1) is 16.2. The van der Waals surface area contributed by atoms with Crippen LogP contribution in [0.15, 0.2) is 18.6 Å². The van der Waals surface area contributed by atoms with Gasteiger partial charge in [0.15, 0.2) is 0 Å². The van der Waals surface area contributed by atoms with E-state index in [9.17, 15) is 4.79 Å². The molecule has 0 unspecified atom stereocenters. The van der Waals surface area contributed by atoms with Crippen LogP contribution in [0.4, 0.5) is 5.82 Å². The van der Waals surface area contributed by atoms with Crippen molar-refractivity contribution in [3.8, 4) is 6.07 Å². The van der Waals surface area contributed by atoms with Gasteiger partial charge < -0.3 is 14.8 Å². The molecule has 0 aliphatic carbocycles. The number of hydrogen-bond acceptors (Lipinski definition) is 5. The number of aromatic amines is 1. The predicted octanol–water partition coefficient (Wildman–Crippen LogP) is 1.79. The number of rotatable bonds is 3. The summed E-state index contributed by atoms with van der Waals surface area (Å²) in [7, 11) is 2.01. The molecule has 1 amide bonds. The van der Waals surface area contributed by atoms with Crippen LogP contribution in [0.5, 0.6) is 0 Å². The summed E-state index contributed by atoms with van der Waals surface area (Å²) in [6, 6.07) is 4.16. The molecule has 0 bridgehead atoms. The Labute approximate surface area is 141 Å². The fourth-order valence-electron chi connectivity index (χ4n) is 3.38. The molecule has 126 valence electrons. The molecule has 1 saturated heterocycles. The standard InChI is InChI=1S/C17H22N6O/c1-11-5-7-23(17(24)12(2)8-18)9-14(11)22(3)16-13-4-6-19-15(13)20-10-21-16/h4,6,10-12,14H,5,7,9H2,1-3H3,(H,19,20,21)/t11-,12-,14-/m1/s1. The number of H-pyrrole nitrogens is 1. The lowest BCUT2D eigenvalue weighted by Gasteiger charge is -2.42. The van der Waals surface area contributed by atoms with Gasteiger partial charge in [0, 0.05) is 26.3 Å². The van der Waals surface area contributed by atoms with E-state index in [-0.39, 0.29) is 11.9 Å². The molecule has 2 aromatic rings. The molecular formula is C17H22N6O. The quantitative estimate of drug-likeness (QED) is 0.929. The lowest BCUT2D eigenvalue weighted by atomic mass is 9.91. The average Bonchev–Trinajstić information content (AvgIpc) is 3.09. The molecule has 0 saturated carbocycles. The van der Waals surface area contributed by atoms with E-state index in [4.69, 9.17) is 5.26 Å². The van der Waals surface area contributed by atoms with E-state index in [0.29, 0.717) is 19.0 Å². The van der Waals surface area contributed by atoms with Gasteiger partial charge in [-0.3, -0.25) is 4.79 Å². The maximum absolute atomic E-state index is 12.4. The van der Waals surface area contributed by atoms with E-state index in [1.165, 1.54) is 0 Å². The Kier molecular flexibility index (Phi) is 4.38. The molecule has 3 atom stereocenters. The molecular weight excluding hydrogens is 304 g/mol. The number of carbonyl (C=O) groups is 1. The average molecular weight is 326 g/mol. The first-order valence-electron chi connectivity index (χ1n) is 8.22. The van der Waals surface area contributed by atoms with E-state index >= 15 is 0 Å². The van der Waals surface area contributed by atoms with Gasteiger partial charge in [0.25, 0.3) is 0 Å². The zero-order valence-corrected chi connectivity index (χ0v) is 14.2. The Hall–Kier alpha value is -2.62. The van der Waals surface area contributed by atoms with Gasteiger partial charge >= 0.3 is 0 Å². The summed E-state index contributed by atoms with van der Waals surface area (Å²) in [5.74, 6) is 0.609. The SMILES string of the molecule is C[C@H](C#N)C(=O)N1CC[C@@H](C)[C@H](N(C)c2ncnc3[nH]ccc23)C1. The molecule has 1 aliphatic heterocycles. The molecule has 0 spiro atoms. The highest BCUT2D eigenvalue weighted by atomic mass is 16.2. The second-order valence-electron chi connectivity index (χ2n) is 6.52. The number of carbonyl (C=O) groups excluding carboxylic acids is 1. The number of aromatic nitrogens is 3. The smallest absolute Gasteiger partial charge is 0.239 e. The Morgan fingerprint density at radius 3 is 3.08 bits per heavy atom. The highest BCUT2D eigenvalue weighted by molar-refractivity contribution is 5.87. The van der Waals surface area contributed by atoms with Crippen LogP contribution in [0.3, 0.4) is 0 Å². The first-order chi connectivity index (χ1) is 11.5. The van der Waals surface area contributed by atoms with Crippen molar-refractivity contribution in [3.63, 3.8) is 0 Å². The zero-order chi connectivity index (χ0) is 17.3. The van der Waals surface area contributed by atoms with Crippen molar-refractivity contribution in [3.05, 3.63) is 18.6 Å². The van der Waals surface area contributed by atoms with Gasteiger partial charge in [-0.2, -0.15) is 5.26 Å². The van der Waals surface area contributed by atoms with Crippen molar-refractivity contribution >= 4 is 22.8 Å². The number of anilines is 1. The van der Waals surface area contributed by atoms with Gasteiger partial charge in [-0.05, 0) is 25.3 Å². The van der Waals surface area contributed by atoms with Gasteiger partial charge in [-0.1, -0.05) is 6.92 Å². The predicted molar refractivity (Wildman–Crippen MR) is 91.2 cm³/mol. The van der Waals surface area contributed by atoms with Crippen LogP contribution in [0.1, 0.15) is 20.3 Å². The minimum atomic E-state index is -0.597. The topological polar surface area (TPSA) is 88.9 Å². The lowest BCUT2D eigenvalue weighted by molar-refractivity contribution is -0.135. The number of nitriles is 1. The number of amides is 1. The minimum absolute atomic E-state index is 0.0859. The number of fused-ring (bicyclic) bond motifs is 1. The molecule has 3 heterocycles. The van der Waals surface area contributed by atoms with E-state index in [0.717, 1.165) is 23.3 Å².